The highest BCUT2D eigenvalue weighted by atomic mass is 79.9. The number of hydrogen-bond donors (Lipinski definition) is 0. The lowest BCUT2D eigenvalue weighted by atomic mass is 9.97. The van der Waals surface area contributed by atoms with Crippen molar-refractivity contribution >= 4 is 58.2 Å². The first-order valence-electron chi connectivity index (χ1n) is 11.2. The van der Waals surface area contributed by atoms with Crippen molar-refractivity contribution in [2.24, 2.45) is 0 Å². The molecule has 2 rings (SSSR count). The molecule has 188 valence electrons. The fourth-order valence-electron chi connectivity index (χ4n) is 3.46. The molecule has 6 nitrogen and oxygen atoms in total. The molecule has 0 aromatic heterocycles. The lowest BCUT2D eigenvalue weighted by molar-refractivity contribution is 0.221. The van der Waals surface area contributed by atoms with Gasteiger partial charge in [0, 0.05) is 8.95 Å². The van der Waals surface area contributed by atoms with Crippen LogP contribution in [0.5, 0.6) is 0 Å². The van der Waals surface area contributed by atoms with Crippen molar-refractivity contribution in [3.63, 3.8) is 0 Å². The maximum Gasteiger partial charge on any atom is 0.335 e. The van der Waals surface area contributed by atoms with E-state index in [2.05, 4.69) is 31.9 Å². The molecule has 0 bridgehead atoms. The normalized spacial score (nSPS) is 13.1. The molecule has 34 heavy (non-hydrogen) atoms. The molecule has 0 fully saturated rings. The second kappa shape index (κ2) is 14.2. The van der Waals surface area contributed by atoms with Crippen LogP contribution in [-0.4, -0.2) is 38.8 Å². The van der Waals surface area contributed by atoms with Gasteiger partial charge in [0.25, 0.3) is 0 Å². The molecule has 0 saturated carbocycles. The van der Waals surface area contributed by atoms with Gasteiger partial charge in [-0.15, -0.1) is 0 Å². The van der Waals surface area contributed by atoms with Gasteiger partial charge in [-0.3, -0.25) is 9.13 Å². The Morgan fingerprint density at radius 1 is 0.588 bits per heavy atom. The zero-order chi connectivity index (χ0) is 25.2. The number of halogens is 2. The predicted octanol–water partition coefficient (Wildman–Crippen LogP) is 8.65. The molecular weight excluding hydrogens is 606 g/mol. The minimum absolute atomic E-state index is 0.0138. The molecule has 0 aliphatic carbocycles. The molecule has 0 N–H and O–H groups in total. The zero-order valence-corrected chi connectivity index (χ0v) is 24.9. The molecule has 0 aliphatic rings. The van der Waals surface area contributed by atoms with E-state index in [1.54, 1.807) is 27.7 Å². The van der Waals surface area contributed by atoms with Gasteiger partial charge in [0.2, 0.25) is 0 Å². The molecule has 0 saturated heterocycles. The van der Waals surface area contributed by atoms with Crippen LogP contribution in [0.4, 0.5) is 0 Å². The average Bonchev–Trinajstić information content (AvgIpc) is 2.78. The molecule has 10 heteroatoms. The summed E-state index contributed by atoms with van der Waals surface area (Å²) < 4.78 is 51.6. The first kappa shape index (κ1) is 29.7. The van der Waals surface area contributed by atoms with E-state index < -0.39 is 15.2 Å². The van der Waals surface area contributed by atoms with Gasteiger partial charge >= 0.3 is 15.2 Å². The van der Waals surface area contributed by atoms with Crippen molar-refractivity contribution in [2.45, 2.75) is 27.7 Å². The molecule has 0 radical (unpaired) electrons. The fourth-order valence-corrected chi connectivity index (χ4v) is 7.59. The molecular formula is C24H32Br2O6P2. The maximum absolute atomic E-state index is 13.6. The van der Waals surface area contributed by atoms with Crippen molar-refractivity contribution in [1.29, 1.82) is 0 Å². The summed E-state index contributed by atoms with van der Waals surface area (Å²) in [6.07, 6.45) is 0.0277. The van der Waals surface area contributed by atoms with Crippen LogP contribution in [0.2, 0.25) is 0 Å². The molecule has 0 atom stereocenters. The van der Waals surface area contributed by atoms with E-state index in [1.807, 2.05) is 48.5 Å². The number of hydrogen-bond acceptors (Lipinski definition) is 6. The van der Waals surface area contributed by atoms with Crippen molar-refractivity contribution in [3.8, 4) is 0 Å². The van der Waals surface area contributed by atoms with Crippen molar-refractivity contribution in [2.75, 3.05) is 38.8 Å². The Bertz CT molecular complexity index is 935. The summed E-state index contributed by atoms with van der Waals surface area (Å²) in [5.41, 5.74) is 3.06. The summed E-state index contributed by atoms with van der Waals surface area (Å²) in [4.78, 5) is 0. The topological polar surface area (TPSA) is 71.1 Å². The van der Waals surface area contributed by atoms with Gasteiger partial charge in [0.05, 0.1) is 38.8 Å². The molecule has 2 aromatic carbocycles. The van der Waals surface area contributed by atoms with Crippen LogP contribution < -0.4 is 0 Å². The van der Waals surface area contributed by atoms with Crippen LogP contribution in [0, 0.1) is 0 Å². The third-order valence-corrected chi connectivity index (χ3v) is 9.83. The SMILES string of the molecule is CCOP(=O)(C/C(=C(/CP(=O)(OCC)OCC)c1ccc(Br)cc1)c1ccc(Br)cc1)OCC. The van der Waals surface area contributed by atoms with Crippen LogP contribution in [0.3, 0.4) is 0 Å². The highest BCUT2D eigenvalue weighted by Crippen LogP contribution is 2.56. The second-order valence-electron chi connectivity index (χ2n) is 7.18. The molecule has 0 unspecified atom stereocenters. The van der Waals surface area contributed by atoms with Gasteiger partial charge in [-0.2, -0.15) is 0 Å². The van der Waals surface area contributed by atoms with Gasteiger partial charge in [-0.1, -0.05) is 56.1 Å². The van der Waals surface area contributed by atoms with Gasteiger partial charge in [0.1, 0.15) is 0 Å². The summed E-state index contributed by atoms with van der Waals surface area (Å²) in [5, 5.41) is 0. The summed E-state index contributed by atoms with van der Waals surface area (Å²) in [6, 6.07) is 15.3. The summed E-state index contributed by atoms with van der Waals surface area (Å²) in [6.45, 7) is 8.10. The standard InChI is InChI=1S/C24H32Br2O6P2/c1-5-29-33(27,30-6-2)17-23(19-9-13-21(25)14-10-19)24(20-11-15-22(26)16-12-20)18-34(28,31-7-3)32-8-4/h9-16H,5-8,17-18H2,1-4H3/b24-23+. The van der Waals surface area contributed by atoms with Gasteiger partial charge < -0.3 is 18.1 Å². The van der Waals surface area contributed by atoms with Crippen LogP contribution >= 0.6 is 47.1 Å². The number of allylic oxidation sites excluding steroid dienone is 2. The van der Waals surface area contributed by atoms with Crippen LogP contribution in [0.1, 0.15) is 38.8 Å². The Morgan fingerprint density at radius 2 is 0.853 bits per heavy atom. The van der Waals surface area contributed by atoms with Gasteiger partial charge in [-0.25, -0.2) is 0 Å². The van der Waals surface area contributed by atoms with Crippen molar-refractivity contribution in [1.82, 2.24) is 0 Å². The Morgan fingerprint density at radius 3 is 1.09 bits per heavy atom. The van der Waals surface area contributed by atoms with E-state index in [9.17, 15) is 9.13 Å². The minimum Gasteiger partial charge on any atom is -0.309 e. The summed E-state index contributed by atoms with van der Waals surface area (Å²) in [5.74, 6) is 0. The van der Waals surface area contributed by atoms with E-state index in [0.717, 1.165) is 20.1 Å². The molecule has 2 aromatic rings. The van der Waals surface area contributed by atoms with Crippen molar-refractivity contribution < 1.29 is 27.2 Å². The highest BCUT2D eigenvalue weighted by molar-refractivity contribution is 9.10. The van der Waals surface area contributed by atoms with Crippen LogP contribution in [0.15, 0.2) is 57.5 Å². The fraction of sp³-hybridized carbons (Fsp3) is 0.417. The molecule has 0 amide bonds. The van der Waals surface area contributed by atoms with Crippen LogP contribution in [-0.2, 0) is 27.2 Å². The van der Waals surface area contributed by atoms with E-state index >= 15 is 0 Å². The third kappa shape index (κ3) is 8.83. The Labute approximate surface area is 219 Å². The summed E-state index contributed by atoms with van der Waals surface area (Å²) >= 11 is 6.95. The second-order valence-corrected chi connectivity index (χ2v) is 13.1. The Hall–Kier alpha value is -0.560. The van der Waals surface area contributed by atoms with Crippen molar-refractivity contribution in [3.05, 3.63) is 68.6 Å². The Kier molecular flexibility index (Phi) is 12.4. The first-order valence-corrected chi connectivity index (χ1v) is 16.2. The summed E-state index contributed by atoms with van der Waals surface area (Å²) in [7, 11) is -6.97. The lowest BCUT2D eigenvalue weighted by Gasteiger charge is -2.24. The highest BCUT2D eigenvalue weighted by Gasteiger charge is 2.32. The largest absolute Gasteiger partial charge is 0.335 e. The molecule has 0 spiro atoms. The maximum atomic E-state index is 13.6. The molecule has 0 heterocycles. The molecule has 0 aliphatic heterocycles. The van der Waals surface area contributed by atoms with Gasteiger partial charge in [-0.05, 0) is 74.2 Å². The lowest BCUT2D eigenvalue weighted by Crippen LogP contribution is -2.08. The van der Waals surface area contributed by atoms with E-state index in [4.69, 9.17) is 18.1 Å². The van der Waals surface area contributed by atoms with Crippen LogP contribution in [0.25, 0.3) is 11.1 Å². The third-order valence-electron chi connectivity index (χ3n) is 4.76. The monoisotopic (exact) mass is 636 g/mol. The predicted molar refractivity (Wildman–Crippen MR) is 147 cm³/mol. The van der Waals surface area contributed by atoms with E-state index in [0.29, 0.717) is 11.1 Å². The van der Waals surface area contributed by atoms with E-state index in [-0.39, 0.29) is 38.8 Å². The zero-order valence-electron chi connectivity index (χ0n) is 20.0. The number of rotatable bonds is 14. The smallest absolute Gasteiger partial charge is 0.309 e. The first-order chi connectivity index (χ1) is 16.2. The average molecular weight is 638 g/mol. The number of benzene rings is 2. The minimum atomic E-state index is -3.48. The Balaban J connectivity index is 2.81. The van der Waals surface area contributed by atoms with E-state index in [1.165, 1.54) is 0 Å². The quantitative estimate of drug-likeness (QED) is 0.152. The van der Waals surface area contributed by atoms with Gasteiger partial charge in [0.15, 0.2) is 0 Å².